The Balaban J connectivity index is 0.000000308. The highest BCUT2D eigenvalue weighted by Crippen LogP contribution is 2.24. The van der Waals surface area contributed by atoms with Crippen molar-refractivity contribution < 1.29 is 8.78 Å². The Kier molecular flexibility index (Phi) is 15.4. The second-order valence-corrected chi connectivity index (χ2v) is 8.34. The standard InChI is InChI=1S/C8H8Cl2N4.C8H8ClFN4.C8H9FN4/c9-6-3-1-2-5(7(6)10)4-13-14-8(11)12;9-6-3-5(1-2-7(6)10)4-13-14-8(11)12;9-7-4-2-1-3-6(7)5-12-13-8(10)11/h2*1-4H,(H4,11,12,14);1-5H,(H4,10,11,13)/b2*13-4+;12-5+. The molecule has 0 aliphatic heterocycles. The maximum atomic E-state index is 12.9. The highest BCUT2D eigenvalue weighted by atomic mass is 35.5. The lowest BCUT2D eigenvalue weighted by Crippen LogP contribution is -2.21. The van der Waals surface area contributed by atoms with Gasteiger partial charge in [-0.2, -0.15) is 15.3 Å². The summed E-state index contributed by atoms with van der Waals surface area (Å²) in [6.45, 7) is 0. The van der Waals surface area contributed by atoms with E-state index in [0.717, 1.165) is 0 Å². The number of guanidine groups is 3. The third-order valence-electron chi connectivity index (χ3n) is 3.95. The first-order valence-electron chi connectivity index (χ1n) is 10.9. The number of nitrogens with two attached hydrogens (primary N) is 6. The van der Waals surface area contributed by atoms with Crippen LogP contribution in [0.4, 0.5) is 8.78 Å². The van der Waals surface area contributed by atoms with Gasteiger partial charge in [0.1, 0.15) is 11.6 Å². The Morgan fingerprint density at radius 1 is 0.561 bits per heavy atom. The summed E-state index contributed by atoms with van der Waals surface area (Å²) < 4.78 is 25.6. The fourth-order valence-corrected chi connectivity index (χ4v) is 2.82. The van der Waals surface area contributed by atoms with E-state index in [1.54, 1.807) is 36.4 Å². The lowest BCUT2D eigenvalue weighted by molar-refractivity contribution is 0.626. The number of rotatable bonds is 6. The molecule has 17 heteroatoms. The molecule has 0 aliphatic carbocycles. The normalized spacial score (nSPS) is 10.4. The molecule has 3 aromatic carbocycles. The molecule has 216 valence electrons. The maximum absolute atomic E-state index is 12.9. The van der Waals surface area contributed by atoms with Crippen molar-refractivity contribution in [3.8, 4) is 0 Å². The van der Waals surface area contributed by atoms with Gasteiger partial charge in [0.05, 0.1) is 33.7 Å². The Morgan fingerprint density at radius 2 is 1.07 bits per heavy atom. The van der Waals surface area contributed by atoms with Crippen LogP contribution < -0.4 is 34.4 Å². The molecule has 12 N–H and O–H groups in total. The highest BCUT2D eigenvalue weighted by Gasteiger charge is 2.01. The molecule has 0 aromatic heterocycles. The van der Waals surface area contributed by atoms with E-state index in [-0.39, 0.29) is 28.7 Å². The zero-order chi connectivity index (χ0) is 30.8. The van der Waals surface area contributed by atoms with Crippen LogP contribution in [0, 0.1) is 11.6 Å². The van der Waals surface area contributed by atoms with Crippen molar-refractivity contribution in [3.63, 3.8) is 0 Å². The molecule has 0 fully saturated rings. The van der Waals surface area contributed by atoms with Gasteiger partial charge < -0.3 is 34.4 Å². The molecular formula is C24H25Cl3F2N12. The van der Waals surface area contributed by atoms with Crippen molar-refractivity contribution >= 4 is 71.3 Å². The molecule has 0 bridgehead atoms. The number of benzene rings is 3. The summed E-state index contributed by atoms with van der Waals surface area (Å²) in [4.78, 5) is 0. The van der Waals surface area contributed by atoms with Crippen LogP contribution in [0.2, 0.25) is 15.1 Å². The quantitative estimate of drug-likeness (QED) is 0.137. The van der Waals surface area contributed by atoms with Gasteiger partial charge >= 0.3 is 0 Å². The summed E-state index contributed by atoms with van der Waals surface area (Å²) in [5.74, 6) is -1.26. The minimum absolute atomic E-state index is 0.0265. The third kappa shape index (κ3) is 14.8. The van der Waals surface area contributed by atoms with E-state index in [1.165, 1.54) is 42.9 Å². The van der Waals surface area contributed by atoms with E-state index in [0.29, 0.717) is 26.7 Å². The molecule has 0 heterocycles. The van der Waals surface area contributed by atoms with Crippen molar-refractivity contribution in [2.75, 3.05) is 0 Å². The second kappa shape index (κ2) is 18.5. The van der Waals surface area contributed by atoms with Gasteiger partial charge in [-0.25, -0.2) is 8.78 Å². The first-order chi connectivity index (χ1) is 19.4. The highest BCUT2D eigenvalue weighted by molar-refractivity contribution is 6.43. The minimum Gasteiger partial charge on any atom is -0.369 e. The zero-order valence-corrected chi connectivity index (χ0v) is 23.3. The topological polar surface area (TPSA) is 230 Å². The van der Waals surface area contributed by atoms with Crippen molar-refractivity contribution in [2.24, 2.45) is 65.0 Å². The van der Waals surface area contributed by atoms with Crippen LogP contribution in [0.25, 0.3) is 0 Å². The van der Waals surface area contributed by atoms with Crippen LogP contribution in [-0.4, -0.2) is 36.5 Å². The average molecular weight is 626 g/mol. The van der Waals surface area contributed by atoms with Crippen LogP contribution in [0.1, 0.15) is 16.7 Å². The van der Waals surface area contributed by atoms with E-state index >= 15 is 0 Å². The maximum Gasteiger partial charge on any atom is 0.211 e. The van der Waals surface area contributed by atoms with E-state index in [2.05, 4.69) is 30.6 Å². The van der Waals surface area contributed by atoms with Crippen molar-refractivity contribution in [2.45, 2.75) is 0 Å². The van der Waals surface area contributed by atoms with E-state index in [9.17, 15) is 8.78 Å². The van der Waals surface area contributed by atoms with Gasteiger partial charge in [0.2, 0.25) is 17.9 Å². The molecule has 0 atom stereocenters. The van der Waals surface area contributed by atoms with Gasteiger partial charge in [-0.05, 0) is 29.8 Å². The molecular weight excluding hydrogens is 601 g/mol. The number of nitrogens with zero attached hydrogens (tertiary/aromatic N) is 6. The number of hydrogen-bond acceptors (Lipinski definition) is 6. The Hall–Kier alpha value is -4.79. The van der Waals surface area contributed by atoms with Crippen molar-refractivity contribution in [1.82, 2.24) is 0 Å². The predicted molar refractivity (Wildman–Crippen MR) is 164 cm³/mol. The van der Waals surface area contributed by atoms with Gasteiger partial charge in [0, 0.05) is 11.1 Å². The van der Waals surface area contributed by atoms with Crippen molar-refractivity contribution in [1.29, 1.82) is 0 Å². The number of hydrogen-bond donors (Lipinski definition) is 6. The minimum atomic E-state index is -0.481. The first-order valence-corrected chi connectivity index (χ1v) is 12.0. The summed E-state index contributed by atoms with van der Waals surface area (Å²) in [5, 5.41) is 21.7. The summed E-state index contributed by atoms with van der Waals surface area (Å²) in [6.07, 6.45) is 4.04. The third-order valence-corrected chi connectivity index (χ3v) is 5.07. The molecule has 0 saturated heterocycles. The molecule has 3 rings (SSSR count). The monoisotopic (exact) mass is 624 g/mol. The summed E-state index contributed by atoms with van der Waals surface area (Å²) in [7, 11) is 0. The zero-order valence-electron chi connectivity index (χ0n) is 21.0. The Labute approximate surface area is 248 Å². The van der Waals surface area contributed by atoms with Gasteiger partial charge in [-0.3, -0.25) is 0 Å². The first kappa shape index (κ1) is 34.2. The van der Waals surface area contributed by atoms with Gasteiger partial charge in [-0.1, -0.05) is 71.2 Å². The van der Waals surface area contributed by atoms with Crippen LogP contribution in [0.15, 0.2) is 91.3 Å². The molecule has 0 unspecified atom stereocenters. The Bertz CT molecular complexity index is 1460. The average Bonchev–Trinajstić information content (AvgIpc) is 2.90. The number of halogens is 5. The lowest BCUT2D eigenvalue weighted by Gasteiger charge is -1.97. The fraction of sp³-hybridized carbons (Fsp3) is 0. The molecule has 12 nitrogen and oxygen atoms in total. The van der Waals surface area contributed by atoms with E-state index < -0.39 is 5.82 Å². The van der Waals surface area contributed by atoms with Crippen molar-refractivity contribution in [3.05, 3.63) is 104 Å². The molecule has 3 aromatic rings. The van der Waals surface area contributed by atoms with E-state index in [1.807, 2.05) is 0 Å². The van der Waals surface area contributed by atoms with Crippen LogP contribution in [0.5, 0.6) is 0 Å². The largest absolute Gasteiger partial charge is 0.369 e. The SMILES string of the molecule is NC(N)=N/N=C/c1ccc(F)c(Cl)c1.NC(N)=N/N=C/c1cccc(Cl)c1Cl.NC(N)=N/N=C/c1ccccc1F. The molecule has 0 radical (unpaired) electrons. The van der Waals surface area contributed by atoms with Gasteiger partial charge in [-0.15, -0.1) is 15.3 Å². The molecule has 0 spiro atoms. The van der Waals surface area contributed by atoms with Crippen LogP contribution in [-0.2, 0) is 0 Å². The smallest absolute Gasteiger partial charge is 0.211 e. The lowest BCUT2D eigenvalue weighted by atomic mass is 10.2. The molecule has 41 heavy (non-hydrogen) atoms. The van der Waals surface area contributed by atoms with Gasteiger partial charge in [0.25, 0.3) is 0 Å². The fourth-order valence-electron chi connectivity index (χ4n) is 2.27. The Morgan fingerprint density at radius 3 is 1.61 bits per heavy atom. The predicted octanol–water partition coefficient (Wildman–Crippen LogP) is 3.12. The van der Waals surface area contributed by atoms with Crippen LogP contribution in [0.3, 0.4) is 0 Å². The molecule has 0 saturated carbocycles. The van der Waals surface area contributed by atoms with Gasteiger partial charge in [0.15, 0.2) is 0 Å². The molecule has 0 aliphatic rings. The summed E-state index contributed by atoms with van der Waals surface area (Å²) in [5.41, 5.74) is 31.9. The summed E-state index contributed by atoms with van der Waals surface area (Å²) in [6, 6.07) is 15.5. The van der Waals surface area contributed by atoms with Crippen LogP contribution >= 0.6 is 34.8 Å². The second-order valence-electron chi connectivity index (χ2n) is 7.15. The summed E-state index contributed by atoms with van der Waals surface area (Å²) >= 11 is 17.2. The molecule has 0 amide bonds. The van der Waals surface area contributed by atoms with E-state index in [4.69, 9.17) is 69.2 Å².